The molecule has 0 unspecified atom stereocenters. The number of aromatic hydroxyl groups is 1. The van der Waals surface area contributed by atoms with Crippen LogP contribution in [-0.2, 0) is 0 Å². The molecule has 1 aromatic carbocycles. The lowest BCUT2D eigenvalue weighted by atomic mass is 10.2. The lowest BCUT2D eigenvalue weighted by molar-refractivity contribution is 0.0953. The molecule has 0 aliphatic rings. The van der Waals surface area contributed by atoms with E-state index in [2.05, 4.69) is 33.5 Å². The van der Waals surface area contributed by atoms with Crippen molar-refractivity contribution in [3.63, 3.8) is 0 Å². The lowest BCUT2D eigenvalue weighted by Crippen LogP contribution is -2.32. The molecular formula is C12H17BrN2O2. The molecule has 94 valence electrons. The molecule has 1 rings (SSSR count). The summed E-state index contributed by atoms with van der Waals surface area (Å²) in [7, 11) is 0. The smallest absolute Gasteiger partial charge is 0.251 e. The monoisotopic (exact) mass is 300 g/mol. The normalized spacial score (nSPS) is 10.2. The first-order valence-electron chi connectivity index (χ1n) is 5.62. The highest BCUT2D eigenvalue weighted by Gasteiger charge is 2.07. The van der Waals surface area contributed by atoms with E-state index in [0.29, 0.717) is 16.6 Å². The third kappa shape index (κ3) is 4.75. The van der Waals surface area contributed by atoms with Gasteiger partial charge in [0.25, 0.3) is 5.91 Å². The Morgan fingerprint density at radius 2 is 2.12 bits per heavy atom. The maximum absolute atomic E-state index is 11.7. The Labute approximate surface area is 110 Å². The second-order valence-corrected chi connectivity index (χ2v) is 4.53. The molecule has 0 saturated carbocycles. The average Bonchev–Trinajstić information content (AvgIpc) is 2.32. The molecule has 0 aliphatic heterocycles. The molecule has 0 radical (unpaired) electrons. The Bertz CT molecular complexity index is 383. The van der Waals surface area contributed by atoms with Gasteiger partial charge in [-0.05, 0) is 47.1 Å². The number of hydrogen-bond acceptors (Lipinski definition) is 3. The number of nitrogens with one attached hydrogen (secondary N) is 2. The standard InChI is InChI=1S/C12H17BrN2O2/c1-2-5-14-6-7-15-12(17)9-3-4-10(13)11(16)8-9/h3-4,8,14,16H,2,5-7H2,1H3,(H,15,17). The number of carbonyl (C=O) groups is 1. The zero-order valence-electron chi connectivity index (χ0n) is 9.79. The van der Waals surface area contributed by atoms with Gasteiger partial charge in [0.2, 0.25) is 0 Å². The van der Waals surface area contributed by atoms with Crippen LogP contribution in [0.5, 0.6) is 5.75 Å². The van der Waals surface area contributed by atoms with Gasteiger partial charge in [0, 0.05) is 18.7 Å². The van der Waals surface area contributed by atoms with Crippen LogP contribution in [0.1, 0.15) is 23.7 Å². The van der Waals surface area contributed by atoms with E-state index in [4.69, 9.17) is 0 Å². The number of halogens is 1. The van der Waals surface area contributed by atoms with E-state index in [1.165, 1.54) is 6.07 Å². The van der Waals surface area contributed by atoms with Crippen LogP contribution in [0.4, 0.5) is 0 Å². The molecular weight excluding hydrogens is 284 g/mol. The Balaban J connectivity index is 2.39. The lowest BCUT2D eigenvalue weighted by Gasteiger charge is -2.06. The largest absolute Gasteiger partial charge is 0.507 e. The first kappa shape index (κ1) is 14.0. The first-order chi connectivity index (χ1) is 8.15. The maximum atomic E-state index is 11.7. The molecule has 4 nitrogen and oxygen atoms in total. The molecule has 1 amide bonds. The minimum absolute atomic E-state index is 0.0711. The number of hydrogen-bond donors (Lipinski definition) is 3. The van der Waals surface area contributed by atoms with Crippen LogP contribution in [-0.4, -0.2) is 30.6 Å². The van der Waals surface area contributed by atoms with Gasteiger partial charge >= 0.3 is 0 Å². The van der Waals surface area contributed by atoms with E-state index in [9.17, 15) is 9.90 Å². The number of phenolic OH excluding ortho intramolecular Hbond substituents is 1. The van der Waals surface area contributed by atoms with E-state index in [1.807, 2.05) is 0 Å². The van der Waals surface area contributed by atoms with Crippen molar-refractivity contribution >= 4 is 21.8 Å². The summed E-state index contributed by atoms with van der Waals surface area (Å²) in [5.74, 6) is -0.104. The van der Waals surface area contributed by atoms with Gasteiger partial charge in [-0.25, -0.2) is 0 Å². The third-order valence-corrected chi connectivity index (χ3v) is 2.89. The minimum atomic E-state index is -0.175. The second kappa shape index (κ2) is 7.29. The Kier molecular flexibility index (Phi) is 6.00. The molecule has 5 heteroatoms. The van der Waals surface area contributed by atoms with Crippen LogP contribution in [0.3, 0.4) is 0 Å². The van der Waals surface area contributed by atoms with Crippen molar-refractivity contribution in [1.82, 2.24) is 10.6 Å². The van der Waals surface area contributed by atoms with Crippen LogP contribution >= 0.6 is 15.9 Å². The fourth-order valence-corrected chi connectivity index (χ4v) is 1.57. The Hall–Kier alpha value is -1.07. The van der Waals surface area contributed by atoms with Crippen molar-refractivity contribution in [2.24, 2.45) is 0 Å². The quantitative estimate of drug-likeness (QED) is 0.703. The summed E-state index contributed by atoms with van der Waals surface area (Å²) in [4.78, 5) is 11.7. The molecule has 0 heterocycles. The van der Waals surface area contributed by atoms with E-state index in [0.717, 1.165) is 19.5 Å². The van der Waals surface area contributed by atoms with Crippen molar-refractivity contribution in [1.29, 1.82) is 0 Å². The number of phenols is 1. The van der Waals surface area contributed by atoms with Crippen LogP contribution in [0, 0.1) is 0 Å². The maximum Gasteiger partial charge on any atom is 0.251 e. The molecule has 0 atom stereocenters. The molecule has 0 fully saturated rings. The summed E-state index contributed by atoms with van der Waals surface area (Å²) in [5, 5.41) is 15.4. The summed E-state index contributed by atoms with van der Waals surface area (Å²) >= 11 is 3.17. The van der Waals surface area contributed by atoms with Crippen molar-refractivity contribution in [3.05, 3.63) is 28.2 Å². The highest BCUT2D eigenvalue weighted by molar-refractivity contribution is 9.10. The van der Waals surface area contributed by atoms with Crippen LogP contribution in [0.2, 0.25) is 0 Å². The van der Waals surface area contributed by atoms with E-state index in [-0.39, 0.29) is 11.7 Å². The molecule has 0 aliphatic carbocycles. The van der Waals surface area contributed by atoms with Gasteiger partial charge in [-0.15, -0.1) is 0 Å². The molecule has 0 bridgehead atoms. The van der Waals surface area contributed by atoms with Gasteiger partial charge in [-0.3, -0.25) is 4.79 Å². The molecule has 3 N–H and O–H groups in total. The van der Waals surface area contributed by atoms with Gasteiger partial charge in [0.1, 0.15) is 5.75 Å². The third-order valence-electron chi connectivity index (χ3n) is 2.22. The zero-order valence-corrected chi connectivity index (χ0v) is 11.4. The summed E-state index contributed by atoms with van der Waals surface area (Å²) < 4.78 is 0.582. The number of benzene rings is 1. The fraction of sp³-hybridized carbons (Fsp3) is 0.417. The molecule has 0 aromatic heterocycles. The van der Waals surface area contributed by atoms with Crippen molar-refractivity contribution in [3.8, 4) is 5.75 Å². The predicted octanol–water partition coefficient (Wildman–Crippen LogP) is 1.88. The van der Waals surface area contributed by atoms with Gasteiger partial charge < -0.3 is 15.7 Å². The van der Waals surface area contributed by atoms with E-state index >= 15 is 0 Å². The van der Waals surface area contributed by atoms with Crippen molar-refractivity contribution < 1.29 is 9.90 Å². The van der Waals surface area contributed by atoms with Gasteiger partial charge in [-0.1, -0.05) is 6.92 Å². The van der Waals surface area contributed by atoms with Crippen LogP contribution in [0.15, 0.2) is 22.7 Å². The summed E-state index contributed by atoms with van der Waals surface area (Å²) in [6.07, 6.45) is 1.08. The Morgan fingerprint density at radius 3 is 2.76 bits per heavy atom. The summed E-state index contributed by atoms with van der Waals surface area (Å²) in [6.45, 7) is 4.38. The molecule has 1 aromatic rings. The van der Waals surface area contributed by atoms with Crippen LogP contribution < -0.4 is 10.6 Å². The number of carbonyl (C=O) groups excluding carboxylic acids is 1. The second-order valence-electron chi connectivity index (χ2n) is 3.67. The molecule has 17 heavy (non-hydrogen) atoms. The van der Waals surface area contributed by atoms with Gasteiger partial charge in [0.05, 0.1) is 4.47 Å². The van der Waals surface area contributed by atoms with Crippen LogP contribution in [0.25, 0.3) is 0 Å². The van der Waals surface area contributed by atoms with E-state index < -0.39 is 0 Å². The van der Waals surface area contributed by atoms with Crippen molar-refractivity contribution in [2.45, 2.75) is 13.3 Å². The van der Waals surface area contributed by atoms with Crippen molar-refractivity contribution in [2.75, 3.05) is 19.6 Å². The predicted molar refractivity (Wildman–Crippen MR) is 71.3 cm³/mol. The number of rotatable bonds is 6. The van der Waals surface area contributed by atoms with E-state index in [1.54, 1.807) is 12.1 Å². The zero-order chi connectivity index (χ0) is 12.7. The minimum Gasteiger partial charge on any atom is -0.507 e. The molecule has 0 spiro atoms. The first-order valence-corrected chi connectivity index (χ1v) is 6.42. The molecule has 0 saturated heterocycles. The number of amides is 1. The topological polar surface area (TPSA) is 61.4 Å². The summed E-state index contributed by atoms with van der Waals surface area (Å²) in [5.41, 5.74) is 0.459. The van der Waals surface area contributed by atoms with Gasteiger partial charge in [-0.2, -0.15) is 0 Å². The van der Waals surface area contributed by atoms with Gasteiger partial charge in [0.15, 0.2) is 0 Å². The SMILES string of the molecule is CCCNCCNC(=O)c1ccc(Br)c(O)c1. The highest BCUT2D eigenvalue weighted by Crippen LogP contribution is 2.24. The Morgan fingerprint density at radius 1 is 1.35 bits per heavy atom. The highest BCUT2D eigenvalue weighted by atomic mass is 79.9. The summed E-state index contributed by atoms with van der Waals surface area (Å²) in [6, 6.07) is 4.76. The average molecular weight is 301 g/mol. The fourth-order valence-electron chi connectivity index (χ4n) is 1.32.